The summed E-state index contributed by atoms with van der Waals surface area (Å²) in [6, 6.07) is 6.14. The van der Waals surface area contributed by atoms with Gasteiger partial charge in [-0.3, -0.25) is 14.7 Å². The van der Waals surface area contributed by atoms with Gasteiger partial charge in [0.1, 0.15) is 6.10 Å². The van der Waals surface area contributed by atoms with Crippen molar-refractivity contribution >= 4 is 38.5 Å². The van der Waals surface area contributed by atoms with Gasteiger partial charge in [0.25, 0.3) is 5.91 Å². The van der Waals surface area contributed by atoms with Gasteiger partial charge in [0.05, 0.1) is 36.1 Å². The number of aryl methyl sites for hydroxylation is 1. The summed E-state index contributed by atoms with van der Waals surface area (Å²) in [5, 5.41) is 14.9. The normalized spacial score (nSPS) is 22.1. The Morgan fingerprint density at radius 3 is 2.69 bits per heavy atom. The number of benzene rings is 1. The van der Waals surface area contributed by atoms with Crippen LogP contribution in [0.25, 0.3) is 16.5 Å². The zero-order valence-corrected chi connectivity index (χ0v) is 22.9. The van der Waals surface area contributed by atoms with Crippen molar-refractivity contribution in [2.24, 2.45) is 5.41 Å². The van der Waals surface area contributed by atoms with E-state index in [0.29, 0.717) is 32.6 Å². The van der Waals surface area contributed by atoms with Crippen LogP contribution in [-0.2, 0) is 30.8 Å². The van der Waals surface area contributed by atoms with Crippen molar-refractivity contribution in [3.8, 4) is 0 Å². The Balaban J connectivity index is 1.24. The molecule has 5 rings (SSSR count). The number of amides is 2. The molecule has 212 valence electrons. The number of carbonyl (C=O) groups is 2. The smallest absolute Gasteiger partial charge is 0.410 e. The van der Waals surface area contributed by atoms with E-state index in [1.54, 1.807) is 5.48 Å². The molecule has 4 heterocycles. The first kappa shape index (κ1) is 27.6. The number of nitrogens with one attached hydrogen (secondary N) is 1. The van der Waals surface area contributed by atoms with Crippen LogP contribution in [0.1, 0.15) is 38.2 Å². The Bertz CT molecular complexity index is 1360. The zero-order valence-electron chi connectivity index (χ0n) is 22.0. The van der Waals surface area contributed by atoms with Gasteiger partial charge in [-0.25, -0.2) is 18.7 Å². The van der Waals surface area contributed by atoms with Crippen molar-refractivity contribution < 1.29 is 32.7 Å². The molecular weight excluding hydrogens is 526 g/mol. The fraction of sp³-hybridized carbons (Fsp3) is 0.577. The quantitative estimate of drug-likeness (QED) is 0.386. The predicted octanol–water partition coefficient (Wildman–Crippen LogP) is 1.99. The van der Waals surface area contributed by atoms with Crippen molar-refractivity contribution in [1.29, 1.82) is 0 Å². The molecule has 0 bridgehead atoms. The molecule has 1 aromatic heterocycles. The van der Waals surface area contributed by atoms with Crippen LogP contribution in [-0.4, -0.2) is 95.9 Å². The van der Waals surface area contributed by atoms with Crippen LogP contribution in [0.5, 0.6) is 0 Å². The molecule has 39 heavy (non-hydrogen) atoms. The third-order valence-electron chi connectivity index (χ3n) is 8.05. The van der Waals surface area contributed by atoms with Crippen LogP contribution in [0.3, 0.4) is 0 Å². The number of aromatic nitrogens is 2. The summed E-state index contributed by atoms with van der Waals surface area (Å²) in [4.78, 5) is 26.8. The largest absolute Gasteiger partial charge is 0.444 e. The molecule has 2 fully saturated rings. The Morgan fingerprint density at radius 1 is 1.26 bits per heavy atom. The monoisotopic (exact) mass is 561 g/mol. The topological polar surface area (TPSA) is 143 Å². The number of nitrogens with zero attached hydrogens (tertiary/aromatic N) is 4. The van der Waals surface area contributed by atoms with Crippen LogP contribution in [0, 0.1) is 5.41 Å². The van der Waals surface area contributed by atoms with E-state index in [9.17, 15) is 23.2 Å². The number of hydrogen-bond acceptors (Lipinski definition) is 8. The maximum atomic E-state index is 13.5. The molecule has 0 saturated carbocycles. The van der Waals surface area contributed by atoms with E-state index in [1.165, 1.54) is 9.21 Å². The van der Waals surface area contributed by atoms with Crippen molar-refractivity contribution in [3.05, 3.63) is 36.0 Å². The second kappa shape index (κ2) is 11.2. The van der Waals surface area contributed by atoms with Crippen LogP contribution < -0.4 is 5.48 Å². The van der Waals surface area contributed by atoms with Crippen LogP contribution in [0.2, 0.25) is 0 Å². The first-order valence-corrected chi connectivity index (χ1v) is 15.0. The highest BCUT2D eigenvalue weighted by molar-refractivity contribution is 7.89. The molecule has 1 atom stereocenters. The maximum Gasteiger partial charge on any atom is 0.410 e. The second-order valence-corrected chi connectivity index (χ2v) is 12.4. The SMILES string of the molecule is CCn1ncc2cc(C3=CCN(S(=O)(=O)CC4(C(=O)NO)CCN(C(=O)O[C@H]5CCOC5)CC4)CC3)ccc21. The highest BCUT2D eigenvalue weighted by Crippen LogP contribution is 2.36. The lowest BCUT2D eigenvalue weighted by Crippen LogP contribution is -2.54. The van der Waals surface area contributed by atoms with Gasteiger partial charge >= 0.3 is 6.09 Å². The molecule has 2 N–H and O–H groups in total. The van der Waals surface area contributed by atoms with Gasteiger partial charge in [-0.2, -0.15) is 9.40 Å². The number of carbonyl (C=O) groups excluding carboxylic acids is 2. The molecule has 0 aliphatic carbocycles. The lowest BCUT2D eigenvalue weighted by atomic mass is 9.79. The first-order chi connectivity index (χ1) is 18.7. The fourth-order valence-electron chi connectivity index (χ4n) is 5.64. The number of sulfonamides is 1. The number of piperidine rings is 1. The van der Waals surface area contributed by atoms with Gasteiger partial charge in [-0.1, -0.05) is 12.1 Å². The number of hydrogen-bond donors (Lipinski definition) is 2. The van der Waals surface area contributed by atoms with Crippen molar-refractivity contribution in [3.63, 3.8) is 0 Å². The molecule has 2 saturated heterocycles. The van der Waals surface area contributed by atoms with E-state index in [1.807, 2.05) is 36.0 Å². The van der Waals surface area contributed by atoms with Crippen molar-refractivity contribution in [2.45, 2.75) is 45.3 Å². The lowest BCUT2D eigenvalue weighted by Gasteiger charge is -2.40. The molecule has 0 unspecified atom stereocenters. The number of likely N-dealkylation sites (tertiary alicyclic amines) is 1. The van der Waals surface area contributed by atoms with Gasteiger partial charge < -0.3 is 14.4 Å². The van der Waals surface area contributed by atoms with Crippen LogP contribution >= 0.6 is 0 Å². The zero-order chi connectivity index (χ0) is 27.6. The van der Waals surface area contributed by atoms with Crippen molar-refractivity contribution in [2.75, 3.05) is 45.1 Å². The standard InChI is InChI=1S/C26H35N5O7S/c1-2-31-23-4-3-20(15-21(23)16-27-31)19-5-10-30(11-6-19)39(35,36)18-26(24(32)28-34)8-12-29(13-9-26)25(33)38-22-7-14-37-17-22/h3-5,15-16,22,34H,2,6-14,17-18H2,1H3,(H,28,32)/t22-/m0/s1. The molecule has 3 aliphatic rings. The van der Waals surface area contributed by atoms with Crippen LogP contribution in [0.4, 0.5) is 4.79 Å². The number of hydroxylamine groups is 1. The summed E-state index contributed by atoms with van der Waals surface area (Å²) in [7, 11) is -3.84. The molecule has 2 amide bonds. The van der Waals surface area contributed by atoms with E-state index in [4.69, 9.17) is 9.47 Å². The third-order valence-corrected chi connectivity index (χ3v) is 10.1. The summed E-state index contributed by atoms with van der Waals surface area (Å²) in [5.41, 5.74) is 3.47. The predicted molar refractivity (Wildman–Crippen MR) is 142 cm³/mol. The Labute approximate surface area is 227 Å². The number of fused-ring (bicyclic) bond motifs is 1. The van der Waals surface area contributed by atoms with E-state index >= 15 is 0 Å². The van der Waals surface area contributed by atoms with E-state index in [2.05, 4.69) is 11.2 Å². The molecule has 12 nitrogen and oxygen atoms in total. The fourth-order valence-corrected chi connectivity index (χ4v) is 7.61. The van der Waals surface area contributed by atoms with Gasteiger partial charge in [-0.05, 0) is 49.5 Å². The van der Waals surface area contributed by atoms with Gasteiger partial charge in [0.2, 0.25) is 10.0 Å². The van der Waals surface area contributed by atoms with Gasteiger partial charge in [0.15, 0.2) is 0 Å². The molecule has 0 spiro atoms. The molecule has 2 aromatic rings. The second-order valence-electron chi connectivity index (χ2n) is 10.4. The average Bonchev–Trinajstić information content (AvgIpc) is 3.62. The summed E-state index contributed by atoms with van der Waals surface area (Å²) in [6.07, 6.45) is 4.32. The number of rotatable bonds is 7. The van der Waals surface area contributed by atoms with Gasteiger partial charge in [0, 0.05) is 44.5 Å². The molecule has 13 heteroatoms. The van der Waals surface area contributed by atoms with Crippen LogP contribution in [0.15, 0.2) is 30.5 Å². The molecule has 0 radical (unpaired) electrons. The first-order valence-electron chi connectivity index (χ1n) is 13.4. The van der Waals surface area contributed by atoms with E-state index in [-0.39, 0.29) is 38.6 Å². The van der Waals surface area contributed by atoms with E-state index in [0.717, 1.165) is 28.6 Å². The molecule has 1 aromatic carbocycles. The Morgan fingerprint density at radius 2 is 2.05 bits per heavy atom. The molecular formula is C26H35N5O7S. The highest BCUT2D eigenvalue weighted by atomic mass is 32.2. The Kier molecular flexibility index (Phi) is 7.94. The summed E-state index contributed by atoms with van der Waals surface area (Å²) < 4.78 is 41.0. The number of ether oxygens (including phenoxy) is 2. The minimum Gasteiger partial charge on any atom is -0.444 e. The van der Waals surface area contributed by atoms with Crippen molar-refractivity contribution in [1.82, 2.24) is 24.5 Å². The van der Waals surface area contributed by atoms with Gasteiger partial charge in [-0.15, -0.1) is 0 Å². The Hall–Kier alpha value is -3.00. The summed E-state index contributed by atoms with van der Waals surface area (Å²) in [5.74, 6) is -1.20. The maximum absolute atomic E-state index is 13.5. The minimum absolute atomic E-state index is 0.0925. The molecule has 3 aliphatic heterocycles. The summed E-state index contributed by atoms with van der Waals surface area (Å²) >= 11 is 0. The average molecular weight is 562 g/mol. The highest BCUT2D eigenvalue weighted by Gasteiger charge is 2.47. The third kappa shape index (κ3) is 5.67. The minimum atomic E-state index is -3.84. The lowest BCUT2D eigenvalue weighted by molar-refractivity contribution is -0.141. The summed E-state index contributed by atoms with van der Waals surface area (Å²) in [6.45, 7) is 4.51. The van der Waals surface area contributed by atoms with E-state index < -0.39 is 33.2 Å².